The monoisotopic (exact) mass is 232 g/mol. The fraction of sp³-hybridized carbons (Fsp3) is 0.529. The third-order valence-electron chi connectivity index (χ3n) is 2.84. The van der Waals surface area contributed by atoms with E-state index in [0.717, 1.165) is 6.42 Å². The predicted molar refractivity (Wildman–Crippen MR) is 80.2 cm³/mol. The summed E-state index contributed by atoms with van der Waals surface area (Å²) in [4.78, 5) is 0. The molecule has 0 atom stereocenters. The van der Waals surface area contributed by atoms with E-state index in [1.165, 1.54) is 29.6 Å². The standard InChI is InChI=1S/C13H16.2C2H6/c1-3-11-5-7-13(9-11)12-6-4-10(2)8-12;2*1-2/h4-7H,3,8-9H2,1-2H3;2*1-2H3. The summed E-state index contributed by atoms with van der Waals surface area (Å²) in [6, 6.07) is 0. The number of hydrogen-bond donors (Lipinski definition) is 0. The Balaban J connectivity index is 0.000000581. The Bertz CT molecular complexity index is 335. The zero-order valence-electron chi connectivity index (χ0n) is 12.4. The summed E-state index contributed by atoms with van der Waals surface area (Å²) in [5, 5.41) is 0. The SMILES string of the molecule is CC.CC.CCC1=CC=C(C2=CC=C(C)C2)C1. The van der Waals surface area contributed by atoms with E-state index in [2.05, 4.69) is 38.2 Å². The molecule has 96 valence electrons. The van der Waals surface area contributed by atoms with Crippen LogP contribution in [0.25, 0.3) is 0 Å². The van der Waals surface area contributed by atoms with E-state index >= 15 is 0 Å². The molecular weight excluding hydrogens is 204 g/mol. The Morgan fingerprint density at radius 3 is 1.76 bits per heavy atom. The predicted octanol–water partition coefficient (Wildman–Crippen LogP) is 5.98. The molecule has 2 aliphatic carbocycles. The Morgan fingerprint density at radius 1 is 0.824 bits per heavy atom. The summed E-state index contributed by atoms with van der Waals surface area (Å²) in [5.74, 6) is 0. The van der Waals surface area contributed by atoms with Gasteiger partial charge >= 0.3 is 0 Å². The minimum atomic E-state index is 1.16. The molecule has 0 saturated heterocycles. The van der Waals surface area contributed by atoms with Crippen LogP contribution in [-0.2, 0) is 0 Å². The van der Waals surface area contributed by atoms with Crippen LogP contribution >= 0.6 is 0 Å². The van der Waals surface area contributed by atoms with Gasteiger partial charge in [0.05, 0.1) is 0 Å². The average molecular weight is 232 g/mol. The molecule has 0 unspecified atom stereocenters. The quantitative estimate of drug-likeness (QED) is 0.549. The second kappa shape index (κ2) is 9.04. The molecule has 0 N–H and O–H groups in total. The lowest BCUT2D eigenvalue weighted by atomic mass is 10.00. The van der Waals surface area contributed by atoms with Gasteiger partial charge in [0.1, 0.15) is 0 Å². The molecule has 0 amide bonds. The number of rotatable bonds is 2. The second-order valence-electron chi connectivity index (χ2n) is 3.93. The molecule has 0 fully saturated rings. The van der Waals surface area contributed by atoms with Gasteiger partial charge in [0.25, 0.3) is 0 Å². The van der Waals surface area contributed by atoms with Crippen LogP contribution in [0, 0.1) is 0 Å². The van der Waals surface area contributed by atoms with Crippen molar-refractivity contribution in [2.24, 2.45) is 0 Å². The molecule has 0 bridgehead atoms. The molecule has 0 spiro atoms. The van der Waals surface area contributed by atoms with Crippen LogP contribution in [0.5, 0.6) is 0 Å². The van der Waals surface area contributed by atoms with Crippen LogP contribution in [0.3, 0.4) is 0 Å². The van der Waals surface area contributed by atoms with E-state index in [1.54, 1.807) is 5.57 Å². The first-order valence-electron chi connectivity index (χ1n) is 7.05. The van der Waals surface area contributed by atoms with Crippen LogP contribution in [0.1, 0.15) is 60.8 Å². The summed E-state index contributed by atoms with van der Waals surface area (Å²) >= 11 is 0. The van der Waals surface area contributed by atoms with E-state index in [-0.39, 0.29) is 0 Å². The largest absolute Gasteiger partial charge is 0.0689 e. The van der Waals surface area contributed by atoms with Crippen molar-refractivity contribution < 1.29 is 0 Å². The molecule has 0 aromatic heterocycles. The molecule has 17 heavy (non-hydrogen) atoms. The Labute approximate surface area is 108 Å². The minimum Gasteiger partial charge on any atom is -0.0689 e. The van der Waals surface area contributed by atoms with Crippen molar-refractivity contribution in [2.45, 2.75) is 60.8 Å². The third-order valence-corrected chi connectivity index (χ3v) is 2.84. The van der Waals surface area contributed by atoms with Crippen molar-refractivity contribution in [1.29, 1.82) is 0 Å². The highest BCUT2D eigenvalue weighted by Gasteiger charge is 2.13. The first kappa shape index (κ1) is 16.0. The zero-order valence-corrected chi connectivity index (χ0v) is 12.4. The maximum atomic E-state index is 2.29. The van der Waals surface area contributed by atoms with Crippen molar-refractivity contribution in [2.75, 3.05) is 0 Å². The van der Waals surface area contributed by atoms with E-state index in [9.17, 15) is 0 Å². The molecule has 0 nitrogen and oxygen atoms in total. The van der Waals surface area contributed by atoms with Gasteiger partial charge in [0.15, 0.2) is 0 Å². The topological polar surface area (TPSA) is 0 Å². The first-order valence-corrected chi connectivity index (χ1v) is 7.05. The molecule has 0 aromatic carbocycles. The van der Waals surface area contributed by atoms with Gasteiger partial charge in [0, 0.05) is 0 Å². The van der Waals surface area contributed by atoms with Gasteiger partial charge < -0.3 is 0 Å². The van der Waals surface area contributed by atoms with Gasteiger partial charge in [-0.15, -0.1) is 0 Å². The third kappa shape index (κ3) is 4.77. The average Bonchev–Trinajstić information content (AvgIpc) is 3.02. The lowest BCUT2D eigenvalue weighted by Crippen LogP contribution is -1.86. The van der Waals surface area contributed by atoms with Crippen LogP contribution in [0.15, 0.2) is 46.6 Å². The van der Waals surface area contributed by atoms with Crippen molar-refractivity contribution in [1.82, 2.24) is 0 Å². The molecule has 0 aromatic rings. The summed E-state index contributed by atoms with van der Waals surface area (Å²) in [7, 11) is 0. The highest BCUT2D eigenvalue weighted by molar-refractivity contribution is 5.48. The Morgan fingerprint density at radius 2 is 1.35 bits per heavy atom. The number of allylic oxidation sites excluding steroid dienone is 8. The molecule has 2 rings (SSSR count). The lowest BCUT2D eigenvalue weighted by Gasteiger charge is -2.05. The highest BCUT2D eigenvalue weighted by Crippen LogP contribution is 2.32. The van der Waals surface area contributed by atoms with E-state index in [4.69, 9.17) is 0 Å². The van der Waals surface area contributed by atoms with E-state index in [0.29, 0.717) is 0 Å². The van der Waals surface area contributed by atoms with Crippen molar-refractivity contribution in [3.05, 3.63) is 46.6 Å². The maximum Gasteiger partial charge on any atom is -0.00612 e. The smallest absolute Gasteiger partial charge is 0.00612 e. The van der Waals surface area contributed by atoms with Crippen LogP contribution in [0.4, 0.5) is 0 Å². The summed E-state index contributed by atoms with van der Waals surface area (Å²) in [5.41, 5.74) is 6.11. The summed E-state index contributed by atoms with van der Waals surface area (Å²) < 4.78 is 0. The van der Waals surface area contributed by atoms with Crippen LogP contribution in [0.2, 0.25) is 0 Å². The minimum absolute atomic E-state index is 1.16. The molecule has 0 heterocycles. The van der Waals surface area contributed by atoms with Gasteiger partial charge in [-0.2, -0.15) is 0 Å². The maximum absolute atomic E-state index is 2.29. The van der Waals surface area contributed by atoms with Crippen molar-refractivity contribution in [3.63, 3.8) is 0 Å². The Hall–Kier alpha value is -1.04. The van der Waals surface area contributed by atoms with Gasteiger partial charge in [-0.1, -0.05) is 70.1 Å². The molecular formula is C17H28. The second-order valence-corrected chi connectivity index (χ2v) is 3.93. The molecule has 0 radical (unpaired) electrons. The fourth-order valence-corrected chi connectivity index (χ4v) is 1.93. The first-order chi connectivity index (χ1) is 8.29. The number of hydrogen-bond acceptors (Lipinski definition) is 0. The Kier molecular flexibility index (Phi) is 8.49. The zero-order chi connectivity index (χ0) is 13.3. The normalized spacial score (nSPS) is 16.8. The van der Waals surface area contributed by atoms with Crippen molar-refractivity contribution >= 4 is 0 Å². The fourth-order valence-electron chi connectivity index (χ4n) is 1.93. The van der Waals surface area contributed by atoms with Gasteiger partial charge in [0.2, 0.25) is 0 Å². The van der Waals surface area contributed by atoms with E-state index in [1.807, 2.05) is 27.7 Å². The van der Waals surface area contributed by atoms with Gasteiger partial charge in [-0.05, 0) is 37.3 Å². The summed E-state index contributed by atoms with van der Waals surface area (Å²) in [6.45, 7) is 12.4. The van der Waals surface area contributed by atoms with Crippen LogP contribution in [-0.4, -0.2) is 0 Å². The molecule has 0 aliphatic heterocycles. The van der Waals surface area contributed by atoms with Crippen molar-refractivity contribution in [3.8, 4) is 0 Å². The van der Waals surface area contributed by atoms with Crippen LogP contribution < -0.4 is 0 Å². The summed E-state index contributed by atoms with van der Waals surface area (Å²) in [6.07, 6.45) is 12.6. The molecule has 2 aliphatic rings. The van der Waals surface area contributed by atoms with E-state index < -0.39 is 0 Å². The van der Waals surface area contributed by atoms with Gasteiger partial charge in [-0.3, -0.25) is 0 Å². The highest BCUT2D eigenvalue weighted by atomic mass is 14.2. The van der Waals surface area contributed by atoms with Gasteiger partial charge in [-0.25, -0.2) is 0 Å². The molecule has 0 heteroatoms. The molecule has 0 saturated carbocycles. The lowest BCUT2D eigenvalue weighted by molar-refractivity contribution is 1.00.